The van der Waals surface area contributed by atoms with Gasteiger partial charge in [0.2, 0.25) is 0 Å². The minimum atomic E-state index is 0.808. The molecule has 0 spiro atoms. The van der Waals surface area contributed by atoms with Crippen molar-refractivity contribution >= 4 is 0 Å². The molecule has 2 heterocycles. The first-order chi connectivity index (χ1) is 8.36. The van der Waals surface area contributed by atoms with E-state index >= 15 is 0 Å². The van der Waals surface area contributed by atoms with Gasteiger partial charge in [-0.1, -0.05) is 19.8 Å². The second-order valence-corrected chi connectivity index (χ2v) is 6.48. The Labute approximate surface area is 106 Å². The summed E-state index contributed by atoms with van der Waals surface area (Å²) in [6.45, 7) is 5.11. The van der Waals surface area contributed by atoms with Crippen LogP contribution in [0.1, 0.15) is 58.3 Å². The normalized spacial score (nSPS) is 44.3. The van der Waals surface area contributed by atoms with Gasteiger partial charge in [-0.05, 0) is 57.5 Å². The van der Waals surface area contributed by atoms with E-state index in [0.29, 0.717) is 0 Å². The molecule has 3 fully saturated rings. The van der Waals surface area contributed by atoms with Gasteiger partial charge in [-0.15, -0.1) is 0 Å². The van der Waals surface area contributed by atoms with E-state index in [9.17, 15) is 0 Å². The molecule has 0 radical (unpaired) electrons. The Morgan fingerprint density at radius 1 is 0.882 bits per heavy atom. The molecular weight excluding hydrogens is 208 g/mol. The molecule has 3 rings (SSSR count). The van der Waals surface area contributed by atoms with Crippen molar-refractivity contribution in [1.82, 2.24) is 10.2 Å². The number of nitrogens with zero attached hydrogens (tertiary/aromatic N) is 1. The SMILES string of the molecule is CC1CCCC1N1CCCCC1C1CCCN1. The summed E-state index contributed by atoms with van der Waals surface area (Å²) in [6.07, 6.45) is 11.6. The van der Waals surface area contributed by atoms with Gasteiger partial charge in [-0.25, -0.2) is 0 Å². The van der Waals surface area contributed by atoms with Crippen LogP contribution >= 0.6 is 0 Å². The summed E-state index contributed by atoms with van der Waals surface area (Å²) in [7, 11) is 0. The Bertz CT molecular complexity index is 247. The number of likely N-dealkylation sites (tertiary alicyclic amines) is 1. The Morgan fingerprint density at radius 2 is 1.76 bits per heavy atom. The number of hydrogen-bond acceptors (Lipinski definition) is 2. The predicted molar refractivity (Wildman–Crippen MR) is 72.2 cm³/mol. The van der Waals surface area contributed by atoms with Crippen molar-refractivity contribution in [1.29, 1.82) is 0 Å². The van der Waals surface area contributed by atoms with Crippen molar-refractivity contribution in [2.75, 3.05) is 13.1 Å². The third-order valence-corrected chi connectivity index (χ3v) is 5.40. The highest BCUT2D eigenvalue weighted by Crippen LogP contribution is 2.35. The van der Waals surface area contributed by atoms with Crippen molar-refractivity contribution in [3.8, 4) is 0 Å². The summed E-state index contributed by atoms with van der Waals surface area (Å²) >= 11 is 0. The summed E-state index contributed by atoms with van der Waals surface area (Å²) in [4.78, 5) is 2.91. The molecule has 3 aliphatic rings. The average molecular weight is 236 g/mol. The van der Waals surface area contributed by atoms with Crippen LogP contribution < -0.4 is 5.32 Å². The first kappa shape index (κ1) is 12.0. The number of nitrogens with one attached hydrogen (secondary N) is 1. The number of piperidine rings is 1. The maximum Gasteiger partial charge on any atom is 0.0252 e. The molecule has 1 saturated carbocycles. The lowest BCUT2D eigenvalue weighted by atomic mass is 9.90. The molecule has 2 saturated heterocycles. The van der Waals surface area contributed by atoms with Crippen LogP contribution in [0.2, 0.25) is 0 Å². The number of rotatable bonds is 2. The van der Waals surface area contributed by atoms with Crippen LogP contribution in [0.4, 0.5) is 0 Å². The van der Waals surface area contributed by atoms with Gasteiger partial charge < -0.3 is 5.32 Å². The second-order valence-electron chi connectivity index (χ2n) is 6.48. The molecule has 98 valence electrons. The molecule has 1 N–H and O–H groups in total. The van der Waals surface area contributed by atoms with Gasteiger partial charge in [0.05, 0.1) is 0 Å². The van der Waals surface area contributed by atoms with Crippen molar-refractivity contribution < 1.29 is 0 Å². The topological polar surface area (TPSA) is 15.3 Å². The van der Waals surface area contributed by atoms with E-state index in [1.807, 2.05) is 0 Å². The van der Waals surface area contributed by atoms with E-state index in [0.717, 1.165) is 24.0 Å². The lowest BCUT2D eigenvalue weighted by molar-refractivity contribution is 0.0581. The van der Waals surface area contributed by atoms with Crippen molar-refractivity contribution in [2.45, 2.75) is 76.4 Å². The minimum Gasteiger partial charge on any atom is -0.312 e. The monoisotopic (exact) mass is 236 g/mol. The highest BCUT2D eigenvalue weighted by Gasteiger charge is 2.38. The first-order valence-electron chi connectivity index (χ1n) is 7.85. The highest BCUT2D eigenvalue weighted by atomic mass is 15.2. The Kier molecular flexibility index (Phi) is 3.72. The van der Waals surface area contributed by atoms with Crippen LogP contribution in [0, 0.1) is 5.92 Å². The third kappa shape index (κ3) is 2.39. The molecule has 4 atom stereocenters. The summed E-state index contributed by atoms with van der Waals surface area (Å²) in [5, 5.41) is 3.75. The summed E-state index contributed by atoms with van der Waals surface area (Å²) in [6, 6.07) is 2.57. The minimum absolute atomic E-state index is 0.808. The van der Waals surface area contributed by atoms with Gasteiger partial charge in [-0.2, -0.15) is 0 Å². The largest absolute Gasteiger partial charge is 0.312 e. The molecule has 0 aromatic rings. The first-order valence-corrected chi connectivity index (χ1v) is 7.85. The maximum atomic E-state index is 3.75. The molecule has 0 aromatic heterocycles. The van der Waals surface area contributed by atoms with Crippen LogP contribution in [0.5, 0.6) is 0 Å². The van der Waals surface area contributed by atoms with E-state index in [1.165, 1.54) is 64.5 Å². The van der Waals surface area contributed by atoms with Gasteiger partial charge in [0.15, 0.2) is 0 Å². The van der Waals surface area contributed by atoms with E-state index in [-0.39, 0.29) is 0 Å². The quantitative estimate of drug-likeness (QED) is 0.793. The maximum absolute atomic E-state index is 3.75. The summed E-state index contributed by atoms with van der Waals surface area (Å²) < 4.78 is 0. The fraction of sp³-hybridized carbons (Fsp3) is 1.00. The van der Waals surface area contributed by atoms with Gasteiger partial charge in [-0.3, -0.25) is 4.90 Å². The summed E-state index contributed by atoms with van der Waals surface area (Å²) in [5.74, 6) is 0.942. The molecular formula is C15H28N2. The van der Waals surface area contributed by atoms with E-state index in [1.54, 1.807) is 0 Å². The second kappa shape index (κ2) is 5.27. The van der Waals surface area contributed by atoms with E-state index in [4.69, 9.17) is 0 Å². The molecule has 1 aliphatic carbocycles. The third-order valence-electron chi connectivity index (χ3n) is 5.40. The van der Waals surface area contributed by atoms with Crippen LogP contribution in [-0.4, -0.2) is 36.1 Å². The van der Waals surface area contributed by atoms with Crippen LogP contribution in [0.15, 0.2) is 0 Å². The molecule has 0 bridgehead atoms. The molecule has 17 heavy (non-hydrogen) atoms. The van der Waals surface area contributed by atoms with Crippen LogP contribution in [0.25, 0.3) is 0 Å². The zero-order valence-corrected chi connectivity index (χ0v) is 11.3. The lowest BCUT2D eigenvalue weighted by Crippen LogP contribution is -2.54. The van der Waals surface area contributed by atoms with Gasteiger partial charge in [0.25, 0.3) is 0 Å². The standard InChI is InChI=1S/C15H28N2/c1-12-6-4-9-14(12)17-11-3-2-8-15(17)13-7-5-10-16-13/h12-16H,2-11H2,1H3. The molecule has 2 aliphatic heterocycles. The van der Waals surface area contributed by atoms with Gasteiger partial charge >= 0.3 is 0 Å². The Morgan fingerprint density at radius 3 is 2.47 bits per heavy atom. The molecule has 2 nitrogen and oxygen atoms in total. The zero-order valence-electron chi connectivity index (χ0n) is 11.3. The fourth-order valence-corrected chi connectivity index (χ4v) is 4.48. The van der Waals surface area contributed by atoms with Crippen molar-refractivity contribution in [3.63, 3.8) is 0 Å². The fourth-order valence-electron chi connectivity index (χ4n) is 4.48. The van der Waals surface area contributed by atoms with E-state index in [2.05, 4.69) is 17.1 Å². The lowest BCUT2D eigenvalue weighted by Gasteiger charge is -2.44. The Hall–Kier alpha value is -0.0800. The van der Waals surface area contributed by atoms with Gasteiger partial charge in [0.1, 0.15) is 0 Å². The molecule has 2 heteroatoms. The van der Waals surface area contributed by atoms with Gasteiger partial charge in [0, 0.05) is 18.1 Å². The average Bonchev–Trinajstić information content (AvgIpc) is 3.00. The zero-order chi connectivity index (χ0) is 11.7. The van der Waals surface area contributed by atoms with Crippen LogP contribution in [0.3, 0.4) is 0 Å². The van der Waals surface area contributed by atoms with Crippen LogP contribution in [-0.2, 0) is 0 Å². The molecule has 0 amide bonds. The Balaban J connectivity index is 1.70. The number of hydrogen-bond donors (Lipinski definition) is 1. The predicted octanol–water partition coefficient (Wildman–Crippen LogP) is 2.78. The highest BCUT2D eigenvalue weighted by molar-refractivity contribution is 4.95. The molecule has 4 unspecified atom stereocenters. The smallest absolute Gasteiger partial charge is 0.0252 e. The van der Waals surface area contributed by atoms with Crippen molar-refractivity contribution in [2.24, 2.45) is 5.92 Å². The van der Waals surface area contributed by atoms with Crippen molar-refractivity contribution in [3.05, 3.63) is 0 Å². The molecule has 0 aromatic carbocycles. The summed E-state index contributed by atoms with van der Waals surface area (Å²) in [5.41, 5.74) is 0. The van der Waals surface area contributed by atoms with E-state index < -0.39 is 0 Å².